The highest BCUT2D eigenvalue weighted by molar-refractivity contribution is 5.78. The predicted octanol–water partition coefficient (Wildman–Crippen LogP) is 0.685. The number of nitrogens with two attached hydrogens (primary N) is 1. The average Bonchev–Trinajstić information content (AvgIpc) is 3.07. The number of benzene rings is 1. The van der Waals surface area contributed by atoms with Crippen molar-refractivity contribution in [2.75, 3.05) is 19.3 Å². The van der Waals surface area contributed by atoms with Gasteiger partial charge in [0.2, 0.25) is 5.91 Å². The van der Waals surface area contributed by atoms with Crippen LogP contribution in [0.3, 0.4) is 0 Å². The number of likely N-dealkylation sites (N-methyl/N-ethyl adjacent to an activating group) is 1. The molecule has 1 aromatic rings. The first kappa shape index (κ1) is 12.7. The number of nitrogens with one attached hydrogen (secondary N) is 1. The average molecular weight is 249 g/mol. The summed E-state index contributed by atoms with van der Waals surface area (Å²) in [5.41, 5.74) is 6.97. The first-order valence-electron chi connectivity index (χ1n) is 6.10. The molecule has 1 aliphatic rings. The van der Waals surface area contributed by atoms with Gasteiger partial charge in [0.15, 0.2) is 0 Å². The zero-order valence-corrected chi connectivity index (χ0v) is 10.5. The van der Waals surface area contributed by atoms with Crippen LogP contribution in [0.1, 0.15) is 18.4 Å². The highest BCUT2D eigenvalue weighted by Gasteiger charge is 2.23. The summed E-state index contributed by atoms with van der Waals surface area (Å²) in [5.74, 6) is 0.152. The third-order valence-electron chi connectivity index (χ3n) is 2.90. The van der Waals surface area contributed by atoms with Gasteiger partial charge in [-0.3, -0.25) is 9.69 Å². The van der Waals surface area contributed by atoms with Crippen LogP contribution in [0.5, 0.6) is 5.75 Å². The summed E-state index contributed by atoms with van der Waals surface area (Å²) in [5, 5.41) is 12.3. The molecule has 0 atom stereocenters. The van der Waals surface area contributed by atoms with Gasteiger partial charge in [0.25, 0.3) is 0 Å². The van der Waals surface area contributed by atoms with Crippen molar-refractivity contribution >= 4 is 11.6 Å². The minimum Gasteiger partial charge on any atom is -0.506 e. The van der Waals surface area contributed by atoms with E-state index < -0.39 is 0 Å². The maximum Gasteiger partial charge on any atom is 0.234 e. The molecule has 0 spiro atoms. The van der Waals surface area contributed by atoms with E-state index >= 15 is 0 Å². The van der Waals surface area contributed by atoms with Crippen LogP contribution >= 0.6 is 0 Å². The fourth-order valence-electron chi connectivity index (χ4n) is 1.82. The summed E-state index contributed by atoms with van der Waals surface area (Å²) in [6, 6.07) is 5.50. The van der Waals surface area contributed by atoms with E-state index in [1.807, 2.05) is 11.9 Å². The van der Waals surface area contributed by atoms with Gasteiger partial charge in [-0.25, -0.2) is 0 Å². The third kappa shape index (κ3) is 3.63. The molecule has 4 N–H and O–H groups in total. The minimum atomic E-state index is 0.0618. The maximum absolute atomic E-state index is 11.6. The number of nitrogen functional groups attached to an aromatic ring is 1. The number of phenolic OH excluding ortho intramolecular Hbond substituents is 1. The molecule has 0 aliphatic heterocycles. The standard InChI is InChI=1S/C13H19N3O2/c1-16(8-13(18)15-10-3-4-10)7-9-2-5-12(17)11(14)6-9/h2,5-6,10,17H,3-4,7-8,14H2,1H3,(H,15,18). The lowest BCUT2D eigenvalue weighted by atomic mass is 10.2. The van der Waals surface area contributed by atoms with Gasteiger partial charge in [0.05, 0.1) is 12.2 Å². The molecule has 0 heterocycles. The molecule has 1 aromatic carbocycles. The van der Waals surface area contributed by atoms with Crippen LogP contribution in [0.15, 0.2) is 18.2 Å². The fraction of sp³-hybridized carbons (Fsp3) is 0.462. The zero-order chi connectivity index (χ0) is 13.1. The van der Waals surface area contributed by atoms with Crippen molar-refractivity contribution in [2.45, 2.75) is 25.4 Å². The molecule has 98 valence electrons. The molecule has 1 amide bonds. The second-order valence-corrected chi connectivity index (χ2v) is 4.91. The van der Waals surface area contributed by atoms with E-state index in [-0.39, 0.29) is 11.7 Å². The SMILES string of the molecule is CN(CC(=O)NC1CC1)Cc1ccc(O)c(N)c1. The van der Waals surface area contributed by atoms with E-state index in [2.05, 4.69) is 5.32 Å². The van der Waals surface area contributed by atoms with Crippen molar-refractivity contribution in [3.05, 3.63) is 23.8 Å². The highest BCUT2D eigenvalue weighted by Crippen LogP contribution is 2.21. The van der Waals surface area contributed by atoms with Gasteiger partial charge in [-0.2, -0.15) is 0 Å². The Kier molecular flexibility index (Phi) is 3.72. The fourth-order valence-corrected chi connectivity index (χ4v) is 1.82. The molecular formula is C13H19N3O2. The minimum absolute atomic E-state index is 0.0618. The molecule has 18 heavy (non-hydrogen) atoms. The van der Waals surface area contributed by atoms with Crippen LogP contribution in [0, 0.1) is 0 Å². The van der Waals surface area contributed by atoms with Crippen LogP contribution in [-0.4, -0.2) is 35.5 Å². The van der Waals surface area contributed by atoms with Gasteiger partial charge < -0.3 is 16.2 Å². The lowest BCUT2D eigenvalue weighted by Gasteiger charge is -2.16. The maximum atomic E-state index is 11.6. The normalized spacial score (nSPS) is 14.8. The van der Waals surface area contributed by atoms with Crippen molar-refractivity contribution in [3.63, 3.8) is 0 Å². The van der Waals surface area contributed by atoms with Crippen molar-refractivity contribution in [2.24, 2.45) is 0 Å². The molecule has 5 heteroatoms. The Morgan fingerprint density at radius 3 is 2.89 bits per heavy atom. The van der Waals surface area contributed by atoms with Crippen molar-refractivity contribution < 1.29 is 9.90 Å². The van der Waals surface area contributed by atoms with Crippen LogP contribution in [0.2, 0.25) is 0 Å². The lowest BCUT2D eigenvalue weighted by molar-refractivity contribution is -0.122. The molecular weight excluding hydrogens is 230 g/mol. The molecule has 0 radical (unpaired) electrons. The molecule has 0 bridgehead atoms. The number of rotatable bonds is 5. The second kappa shape index (κ2) is 5.27. The molecule has 0 aromatic heterocycles. The van der Waals surface area contributed by atoms with E-state index in [1.54, 1.807) is 18.2 Å². The summed E-state index contributed by atoms with van der Waals surface area (Å²) >= 11 is 0. The second-order valence-electron chi connectivity index (χ2n) is 4.91. The van der Waals surface area contributed by atoms with E-state index in [9.17, 15) is 9.90 Å². The van der Waals surface area contributed by atoms with Gasteiger partial charge in [-0.1, -0.05) is 6.07 Å². The predicted molar refractivity (Wildman–Crippen MR) is 70.0 cm³/mol. The first-order valence-corrected chi connectivity index (χ1v) is 6.10. The van der Waals surface area contributed by atoms with Crippen molar-refractivity contribution in [1.82, 2.24) is 10.2 Å². The smallest absolute Gasteiger partial charge is 0.234 e. The Morgan fingerprint density at radius 1 is 1.56 bits per heavy atom. The largest absolute Gasteiger partial charge is 0.506 e. The molecule has 2 rings (SSSR count). The Labute approximate surface area is 107 Å². The van der Waals surface area contributed by atoms with E-state index in [0.717, 1.165) is 18.4 Å². The van der Waals surface area contributed by atoms with Crippen LogP contribution < -0.4 is 11.1 Å². The van der Waals surface area contributed by atoms with Crippen LogP contribution in [-0.2, 0) is 11.3 Å². The van der Waals surface area contributed by atoms with E-state index in [4.69, 9.17) is 5.73 Å². The summed E-state index contributed by atoms with van der Waals surface area (Å²) in [7, 11) is 1.88. The van der Waals surface area contributed by atoms with Crippen LogP contribution in [0.4, 0.5) is 5.69 Å². The third-order valence-corrected chi connectivity index (χ3v) is 2.90. The number of phenols is 1. The van der Waals surface area contributed by atoms with Gasteiger partial charge >= 0.3 is 0 Å². The molecule has 0 saturated heterocycles. The van der Waals surface area contributed by atoms with E-state index in [0.29, 0.717) is 24.8 Å². The lowest BCUT2D eigenvalue weighted by Crippen LogP contribution is -2.35. The number of hydrogen-bond acceptors (Lipinski definition) is 4. The van der Waals surface area contributed by atoms with Crippen LogP contribution in [0.25, 0.3) is 0 Å². The Balaban J connectivity index is 1.83. The Bertz CT molecular complexity index is 444. The molecule has 0 unspecified atom stereocenters. The number of hydrogen-bond donors (Lipinski definition) is 3. The summed E-state index contributed by atoms with van der Waals surface area (Å²) in [6.45, 7) is 1.000. The quantitative estimate of drug-likeness (QED) is 0.530. The number of anilines is 1. The highest BCUT2D eigenvalue weighted by atomic mass is 16.3. The number of carbonyl (C=O) groups excluding carboxylic acids is 1. The molecule has 1 aliphatic carbocycles. The van der Waals surface area contributed by atoms with Crippen molar-refractivity contribution in [1.29, 1.82) is 0 Å². The molecule has 1 fully saturated rings. The van der Waals surface area contributed by atoms with Crippen molar-refractivity contribution in [3.8, 4) is 5.75 Å². The summed E-state index contributed by atoms with van der Waals surface area (Å²) in [6.07, 6.45) is 2.20. The monoisotopic (exact) mass is 249 g/mol. The van der Waals surface area contributed by atoms with Gasteiger partial charge in [0.1, 0.15) is 5.75 Å². The topological polar surface area (TPSA) is 78.6 Å². The Hall–Kier alpha value is -1.75. The number of aromatic hydroxyl groups is 1. The number of amides is 1. The van der Waals surface area contributed by atoms with E-state index in [1.165, 1.54) is 0 Å². The number of carbonyl (C=O) groups is 1. The molecule has 1 saturated carbocycles. The first-order chi connectivity index (χ1) is 8.54. The number of nitrogens with zero attached hydrogens (tertiary/aromatic N) is 1. The zero-order valence-electron chi connectivity index (χ0n) is 10.5. The van der Waals surface area contributed by atoms with Gasteiger partial charge in [-0.05, 0) is 37.6 Å². The summed E-state index contributed by atoms with van der Waals surface area (Å²) in [4.78, 5) is 13.5. The van der Waals surface area contributed by atoms with Gasteiger partial charge in [0, 0.05) is 12.6 Å². The Morgan fingerprint density at radius 2 is 2.28 bits per heavy atom. The summed E-state index contributed by atoms with van der Waals surface area (Å²) < 4.78 is 0. The van der Waals surface area contributed by atoms with Gasteiger partial charge in [-0.15, -0.1) is 0 Å². The molecule has 5 nitrogen and oxygen atoms in total.